The number of β-amino-alcohol motifs (C(OH)–C–C–N with tert-alkyl or cyclic N) is 1. The molecule has 3 atom stereocenters. The van der Waals surface area contributed by atoms with Crippen molar-refractivity contribution in [3.8, 4) is 0 Å². The van der Waals surface area contributed by atoms with Gasteiger partial charge in [0.1, 0.15) is 5.60 Å². The zero-order valence-corrected chi connectivity index (χ0v) is 22.9. The van der Waals surface area contributed by atoms with E-state index in [1.807, 2.05) is 72.8 Å². The summed E-state index contributed by atoms with van der Waals surface area (Å²) in [5.41, 5.74) is 1.98. The SMILES string of the molecule is CC(C)(C)OC(=O)N[C@@H](Cc1ccccc1)[C@H](O)CN1C[C@@H](c2ccccc2)Cc2ccccc2S1(=O)=O. The van der Waals surface area contributed by atoms with Crippen molar-refractivity contribution in [2.24, 2.45) is 0 Å². The number of amides is 1. The van der Waals surface area contributed by atoms with Gasteiger partial charge in [0, 0.05) is 19.0 Å². The second-order valence-corrected chi connectivity index (χ2v) is 12.7. The van der Waals surface area contributed by atoms with E-state index in [0.717, 1.165) is 16.7 Å². The van der Waals surface area contributed by atoms with Gasteiger partial charge in [0.05, 0.1) is 17.0 Å². The Morgan fingerprint density at radius 3 is 2.26 bits per heavy atom. The number of fused-ring (bicyclic) bond motifs is 1. The Labute approximate surface area is 225 Å². The van der Waals surface area contributed by atoms with E-state index >= 15 is 0 Å². The number of benzene rings is 3. The van der Waals surface area contributed by atoms with Crippen LogP contribution < -0.4 is 5.32 Å². The van der Waals surface area contributed by atoms with Crippen LogP contribution in [0.4, 0.5) is 4.79 Å². The molecule has 0 bridgehead atoms. The topological polar surface area (TPSA) is 95.9 Å². The van der Waals surface area contributed by atoms with E-state index < -0.39 is 33.9 Å². The van der Waals surface area contributed by atoms with E-state index in [2.05, 4.69) is 5.32 Å². The summed E-state index contributed by atoms with van der Waals surface area (Å²) in [6.45, 7) is 5.33. The molecule has 0 radical (unpaired) electrons. The van der Waals surface area contributed by atoms with Crippen molar-refractivity contribution in [3.63, 3.8) is 0 Å². The third-order valence-corrected chi connectivity index (χ3v) is 8.54. The molecule has 0 saturated carbocycles. The largest absolute Gasteiger partial charge is 0.444 e. The summed E-state index contributed by atoms with van der Waals surface area (Å²) < 4.78 is 34.5. The van der Waals surface area contributed by atoms with E-state index in [9.17, 15) is 18.3 Å². The van der Waals surface area contributed by atoms with Crippen molar-refractivity contribution in [2.75, 3.05) is 13.1 Å². The van der Waals surface area contributed by atoms with E-state index in [4.69, 9.17) is 4.74 Å². The maximum atomic E-state index is 13.8. The minimum Gasteiger partial charge on any atom is -0.444 e. The highest BCUT2D eigenvalue weighted by molar-refractivity contribution is 7.89. The second kappa shape index (κ2) is 11.7. The Balaban J connectivity index is 1.64. The number of nitrogens with zero attached hydrogens (tertiary/aromatic N) is 1. The van der Waals surface area contributed by atoms with Crippen molar-refractivity contribution < 1.29 is 23.1 Å². The highest BCUT2D eigenvalue weighted by Gasteiger charge is 2.37. The fourth-order valence-corrected chi connectivity index (χ4v) is 6.54. The fourth-order valence-electron chi connectivity index (χ4n) is 4.80. The van der Waals surface area contributed by atoms with Gasteiger partial charge in [0.15, 0.2) is 0 Å². The third kappa shape index (κ3) is 7.01. The number of hydrogen-bond donors (Lipinski definition) is 2. The standard InChI is InChI=1S/C30H36N2O5S/c1-30(2,3)37-29(34)31-26(18-22-12-6-4-7-13-22)27(33)21-32-20-25(23-14-8-5-9-15-23)19-24-16-10-11-17-28(24)38(32,35)36/h4-17,25-27,33H,18-21H2,1-3H3,(H,31,34)/t25-,26-,27+/m0/s1. The molecule has 0 aromatic heterocycles. The summed E-state index contributed by atoms with van der Waals surface area (Å²) in [6, 6.07) is 25.6. The molecule has 0 unspecified atom stereocenters. The molecule has 1 amide bonds. The van der Waals surface area contributed by atoms with Crippen LogP contribution in [-0.4, -0.2) is 54.8 Å². The predicted octanol–water partition coefficient (Wildman–Crippen LogP) is 4.51. The van der Waals surface area contributed by atoms with Crippen LogP contribution in [0.15, 0.2) is 89.8 Å². The third-order valence-electron chi connectivity index (χ3n) is 6.61. The lowest BCUT2D eigenvalue weighted by Gasteiger charge is -2.31. The summed E-state index contributed by atoms with van der Waals surface area (Å²) in [6.07, 6.45) is -0.966. The maximum absolute atomic E-state index is 13.8. The predicted molar refractivity (Wildman–Crippen MR) is 147 cm³/mol. The molecule has 3 aromatic rings. The Kier molecular flexibility index (Phi) is 8.55. The average molecular weight is 537 g/mol. The van der Waals surface area contributed by atoms with Crippen LogP contribution in [-0.2, 0) is 27.6 Å². The molecule has 2 N–H and O–H groups in total. The summed E-state index contributed by atoms with van der Waals surface area (Å²) in [7, 11) is -3.89. The molecule has 4 rings (SSSR count). The van der Waals surface area contributed by atoms with Crippen LogP contribution in [0.5, 0.6) is 0 Å². The van der Waals surface area contributed by atoms with Gasteiger partial charge in [-0.05, 0) is 56.4 Å². The van der Waals surface area contributed by atoms with Gasteiger partial charge in [0.25, 0.3) is 0 Å². The molecule has 0 fully saturated rings. The van der Waals surface area contributed by atoms with E-state index in [-0.39, 0.29) is 23.9 Å². The Hall–Kier alpha value is -3.20. The molecule has 8 heteroatoms. The van der Waals surface area contributed by atoms with Gasteiger partial charge >= 0.3 is 6.09 Å². The molecule has 7 nitrogen and oxygen atoms in total. The highest BCUT2D eigenvalue weighted by atomic mass is 32.2. The normalized spacial score (nSPS) is 19.0. The van der Waals surface area contributed by atoms with E-state index in [0.29, 0.717) is 12.8 Å². The molecule has 38 heavy (non-hydrogen) atoms. The number of aliphatic hydroxyl groups is 1. The average Bonchev–Trinajstić information content (AvgIpc) is 2.98. The summed E-state index contributed by atoms with van der Waals surface area (Å²) in [5.74, 6) is -0.0896. The van der Waals surface area contributed by atoms with Crippen LogP contribution in [0.3, 0.4) is 0 Å². The van der Waals surface area contributed by atoms with Crippen molar-refractivity contribution in [1.29, 1.82) is 0 Å². The quantitative estimate of drug-likeness (QED) is 0.463. The number of hydrogen-bond acceptors (Lipinski definition) is 5. The van der Waals surface area contributed by atoms with Crippen LogP contribution in [0, 0.1) is 0 Å². The number of aliphatic hydroxyl groups excluding tert-OH is 1. The first kappa shape index (κ1) is 27.8. The lowest BCUT2D eigenvalue weighted by Crippen LogP contribution is -2.51. The number of carbonyl (C=O) groups excluding carboxylic acids is 1. The fraction of sp³-hybridized carbons (Fsp3) is 0.367. The van der Waals surface area contributed by atoms with Gasteiger partial charge in [-0.2, -0.15) is 4.31 Å². The van der Waals surface area contributed by atoms with Crippen molar-refractivity contribution in [2.45, 2.75) is 62.2 Å². The Morgan fingerprint density at radius 2 is 1.61 bits per heavy atom. The molecule has 0 spiro atoms. The highest BCUT2D eigenvalue weighted by Crippen LogP contribution is 2.33. The number of nitrogens with one attached hydrogen (secondary N) is 1. The molecule has 202 valence electrons. The van der Waals surface area contributed by atoms with Crippen LogP contribution >= 0.6 is 0 Å². The van der Waals surface area contributed by atoms with Crippen molar-refractivity contribution in [3.05, 3.63) is 102 Å². The number of sulfonamides is 1. The van der Waals surface area contributed by atoms with E-state index in [1.54, 1.807) is 32.9 Å². The maximum Gasteiger partial charge on any atom is 0.407 e. The minimum absolute atomic E-state index is 0.0896. The van der Waals surface area contributed by atoms with Crippen LogP contribution in [0.1, 0.15) is 43.4 Å². The summed E-state index contributed by atoms with van der Waals surface area (Å²) in [5, 5.41) is 14.2. The molecule has 0 aliphatic carbocycles. The Bertz CT molecular complexity index is 1320. The van der Waals surface area contributed by atoms with Gasteiger partial charge in [-0.15, -0.1) is 0 Å². The van der Waals surface area contributed by atoms with Crippen LogP contribution in [0.2, 0.25) is 0 Å². The van der Waals surface area contributed by atoms with Crippen LogP contribution in [0.25, 0.3) is 0 Å². The molecule has 0 saturated heterocycles. The first-order chi connectivity index (χ1) is 18.0. The van der Waals surface area contributed by atoms with Crippen molar-refractivity contribution in [1.82, 2.24) is 9.62 Å². The smallest absolute Gasteiger partial charge is 0.407 e. The lowest BCUT2D eigenvalue weighted by atomic mass is 9.91. The molecular weight excluding hydrogens is 500 g/mol. The lowest BCUT2D eigenvalue weighted by molar-refractivity contribution is 0.0401. The van der Waals surface area contributed by atoms with Gasteiger partial charge in [-0.1, -0.05) is 78.9 Å². The number of ether oxygens (including phenoxy) is 1. The zero-order valence-electron chi connectivity index (χ0n) is 22.1. The molecule has 1 aliphatic heterocycles. The van der Waals surface area contributed by atoms with Gasteiger partial charge in [-0.25, -0.2) is 13.2 Å². The minimum atomic E-state index is -3.89. The monoisotopic (exact) mass is 536 g/mol. The van der Waals surface area contributed by atoms with E-state index in [1.165, 1.54) is 4.31 Å². The second-order valence-electron chi connectivity index (χ2n) is 10.8. The number of alkyl carbamates (subject to hydrolysis) is 1. The number of carbonyl (C=O) groups is 1. The van der Waals surface area contributed by atoms with Gasteiger partial charge in [-0.3, -0.25) is 0 Å². The summed E-state index contributed by atoms with van der Waals surface area (Å²) in [4.78, 5) is 12.9. The first-order valence-electron chi connectivity index (χ1n) is 12.9. The van der Waals surface area contributed by atoms with Gasteiger partial charge < -0.3 is 15.2 Å². The molecule has 1 aliphatic rings. The first-order valence-corrected chi connectivity index (χ1v) is 14.3. The van der Waals surface area contributed by atoms with Crippen molar-refractivity contribution >= 4 is 16.1 Å². The molecule has 1 heterocycles. The number of rotatable bonds is 7. The summed E-state index contributed by atoms with van der Waals surface area (Å²) >= 11 is 0. The molecule has 3 aromatic carbocycles. The Morgan fingerprint density at radius 1 is 1.00 bits per heavy atom. The zero-order chi connectivity index (χ0) is 27.3. The molecular formula is C30H36N2O5S. The van der Waals surface area contributed by atoms with Gasteiger partial charge in [0.2, 0.25) is 10.0 Å².